The molecule has 1 aromatic carbocycles. The second kappa shape index (κ2) is 5.71. The molecule has 116 valence electrons. The van der Waals surface area contributed by atoms with Gasteiger partial charge in [0, 0.05) is 31.3 Å². The fourth-order valence-electron chi connectivity index (χ4n) is 3.70. The van der Waals surface area contributed by atoms with Crippen LogP contribution in [0.2, 0.25) is 0 Å². The van der Waals surface area contributed by atoms with Crippen molar-refractivity contribution in [3.8, 4) is 0 Å². The molecule has 3 nitrogen and oxygen atoms in total. The zero-order chi connectivity index (χ0) is 14.9. The zero-order valence-corrected chi connectivity index (χ0v) is 13.6. The molecule has 3 rings (SSSR count). The number of nitrogens with one attached hydrogen (secondary N) is 1. The lowest BCUT2D eigenvalue weighted by Gasteiger charge is -2.54. The highest BCUT2D eigenvalue weighted by molar-refractivity contribution is 5.26. The molecule has 0 saturated carbocycles. The van der Waals surface area contributed by atoms with Crippen molar-refractivity contribution in [1.82, 2.24) is 10.2 Å². The monoisotopic (exact) mass is 288 g/mol. The average molecular weight is 288 g/mol. The Balaban J connectivity index is 1.94. The fraction of sp³-hybridized carbons (Fsp3) is 0.667. The van der Waals surface area contributed by atoms with Gasteiger partial charge in [0.05, 0.1) is 12.1 Å². The maximum Gasteiger partial charge on any atom is 0.0623 e. The molecule has 0 spiro atoms. The third-order valence-corrected chi connectivity index (χ3v) is 5.54. The van der Waals surface area contributed by atoms with Crippen molar-refractivity contribution in [2.75, 3.05) is 26.3 Å². The minimum Gasteiger partial charge on any atom is -0.380 e. The van der Waals surface area contributed by atoms with Crippen LogP contribution < -0.4 is 5.32 Å². The molecule has 1 N–H and O–H groups in total. The fourth-order valence-corrected chi connectivity index (χ4v) is 3.70. The average Bonchev–Trinajstić information content (AvgIpc) is 3.05. The predicted octanol–water partition coefficient (Wildman–Crippen LogP) is 2.76. The summed E-state index contributed by atoms with van der Waals surface area (Å²) in [5, 5.41) is 3.81. The molecule has 0 aliphatic carbocycles. The van der Waals surface area contributed by atoms with E-state index in [2.05, 4.69) is 61.3 Å². The molecule has 0 radical (unpaired) electrons. The summed E-state index contributed by atoms with van der Waals surface area (Å²) in [5.74, 6) is 0. The van der Waals surface area contributed by atoms with E-state index in [0.29, 0.717) is 6.04 Å². The summed E-state index contributed by atoms with van der Waals surface area (Å²) >= 11 is 0. The van der Waals surface area contributed by atoms with Crippen LogP contribution in [0.5, 0.6) is 0 Å². The quantitative estimate of drug-likeness (QED) is 0.925. The molecular formula is C18H28N2O. The molecule has 2 saturated heterocycles. The van der Waals surface area contributed by atoms with Gasteiger partial charge in [-0.15, -0.1) is 0 Å². The number of piperazine rings is 1. The van der Waals surface area contributed by atoms with Gasteiger partial charge in [-0.25, -0.2) is 0 Å². The summed E-state index contributed by atoms with van der Waals surface area (Å²) in [5.41, 5.74) is 1.66. The lowest BCUT2D eigenvalue weighted by molar-refractivity contribution is -0.0200. The lowest BCUT2D eigenvalue weighted by atomic mass is 9.81. The Morgan fingerprint density at radius 2 is 2.05 bits per heavy atom. The van der Waals surface area contributed by atoms with Crippen molar-refractivity contribution in [3.63, 3.8) is 0 Å². The van der Waals surface area contributed by atoms with E-state index in [1.54, 1.807) is 0 Å². The van der Waals surface area contributed by atoms with Gasteiger partial charge >= 0.3 is 0 Å². The van der Waals surface area contributed by atoms with E-state index >= 15 is 0 Å². The van der Waals surface area contributed by atoms with Crippen molar-refractivity contribution in [2.45, 2.75) is 50.7 Å². The molecule has 3 atom stereocenters. The van der Waals surface area contributed by atoms with Crippen LogP contribution in [0.25, 0.3) is 0 Å². The topological polar surface area (TPSA) is 24.5 Å². The first-order valence-corrected chi connectivity index (χ1v) is 8.22. The van der Waals surface area contributed by atoms with Gasteiger partial charge in [-0.1, -0.05) is 37.3 Å². The second-order valence-corrected chi connectivity index (χ2v) is 7.05. The van der Waals surface area contributed by atoms with Gasteiger partial charge < -0.3 is 10.1 Å². The minimum atomic E-state index is 0.0499. The summed E-state index contributed by atoms with van der Waals surface area (Å²) in [6, 6.07) is 11.5. The smallest absolute Gasteiger partial charge is 0.0623 e. The number of nitrogens with zero attached hydrogens (tertiary/aromatic N) is 1. The number of ether oxygens (including phenoxy) is 1. The highest BCUT2D eigenvalue weighted by Gasteiger charge is 2.46. The predicted molar refractivity (Wildman–Crippen MR) is 86.4 cm³/mol. The van der Waals surface area contributed by atoms with Crippen molar-refractivity contribution < 1.29 is 4.74 Å². The third kappa shape index (κ3) is 2.75. The Hall–Kier alpha value is -0.900. The first-order chi connectivity index (χ1) is 10.1. The summed E-state index contributed by atoms with van der Waals surface area (Å²) in [6.45, 7) is 10.9. The molecule has 3 heteroatoms. The Labute approximate surface area is 128 Å². The maximum absolute atomic E-state index is 5.68. The zero-order valence-electron chi connectivity index (χ0n) is 13.6. The van der Waals surface area contributed by atoms with Gasteiger partial charge in [0.1, 0.15) is 0 Å². The number of hydrogen-bond donors (Lipinski definition) is 1. The molecule has 0 bridgehead atoms. The highest BCUT2D eigenvalue weighted by Crippen LogP contribution is 2.37. The van der Waals surface area contributed by atoms with E-state index in [0.717, 1.165) is 39.1 Å². The van der Waals surface area contributed by atoms with E-state index in [1.807, 2.05) is 0 Å². The lowest BCUT2D eigenvalue weighted by Crippen LogP contribution is -2.68. The van der Waals surface area contributed by atoms with E-state index in [4.69, 9.17) is 4.74 Å². The van der Waals surface area contributed by atoms with Gasteiger partial charge in [0.25, 0.3) is 0 Å². The first-order valence-electron chi connectivity index (χ1n) is 8.22. The molecule has 1 aromatic rings. The molecule has 0 aromatic heterocycles. The molecule has 0 amide bonds. The standard InChI is InChI=1S/C18H28N2O/c1-4-17(2)14-20(16-10-11-21-12-16)18(3,13-19-17)15-8-6-5-7-9-15/h5-9,16,19H,4,10-14H2,1-3H3. The Morgan fingerprint density at radius 1 is 1.29 bits per heavy atom. The van der Waals surface area contributed by atoms with Crippen molar-refractivity contribution in [3.05, 3.63) is 35.9 Å². The molecule has 2 aliphatic rings. The van der Waals surface area contributed by atoms with Crippen LogP contribution in [-0.4, -0.2) is 42.8 Å². The molecule has 2 fully saturated rings. The molecule has 21 heavy (non-hydrogen) atoms. The second-order valence-electron chi connectivity index (χ2n) is 7.05. The van der Waals surface area contributed by atoms with Crippen molar-refractivity contribution in [1.29, 1.82) is 0 Å². The molecule has 2 heterocycles. The Morgan fingerprint density at radius 3 is 2.67 bits per heavy atom. The van der Waals surface area contributed by atoms with E-state index < -0.39 is 0 Å². The van der Waals surface area contributed by atoms with Crippen LogP contribution in [0.4, 0.5) is 0 Å². The Bertz CT molecular complexity index is 471. The molecule has 3 unspecified atom stereocenters. The van der Waals surface area contributed by atoms with Crippen LogP contribution >= 0.6 is 0 Å². The molecular weight excluding hydrogens is 260 g/mol. The van der Waals surface area contributed by atoms with Crippen LogP contribution in [0.1, 0.15) is 39.2 Å². The van der Waals surface area contributed by atoms with Crippen LogP contribution in [-0.2, 0) is 10.3 Å². The summed E-state index contributed by atoms with van der Waals surface area (Å²) in [4.78, 5) is 2.70. The normalized spacial score (nSPS) is 37.8. The van der Waals surface area contributed by atoms with Gasteiger partial charge in [0.15, 0.2) is 0 Å². The maximum atomic E-state index is 5.68. The number of benzene rings is 1. The van der Waals surface area contributed by atoms with Gasteiger partial charge in [0.2, 0.25) is 0 Å². The summed E-state index contributed by atoms with van der Waals surface area (Å²) in [6.07, 6.45) is 2.31. The van der Waals surface area contributed by atoms with E-state index in [1.165, 1.54) is 5.56 Å². The summed E-state index contributed by atoms with van der Waals surface area (Å²) < 4.78 is 5.68. The van der Waals surface area contributed by atoms with E-state index in [9.17, 15) is 0 Å². The summed E-state index contributed by atoms with van der Waals surface area (Å²) in [7, 11) is 0. The van der Waals surface area contributed by atoms with Crippen LogP contribution in [0.15, 0.2) is 30.3 Å². The SMILES string of the molecule is CCC1(C)CN(C2CCOC2)C(C)(c2ccccc2)CN1. The minimum absolute atomic E-state index is 0.0499. The Kier molecular flexibility index (Phi) is 4.08. The number of hydrogen-bond acceptors (Lipinski definition) is 3. The molecule has 2 aliphatic heterocycles. The largest absolute Gasteiger partial charge is 0.380 e. The van der Waals surface area contributed by atoms with Gasteiger partial charge in [-0.2, -0.15) is 0 Å². The van der Waals surface area contributed by atoms with Crippen LogP contribution in [0.3, 0.4) is 0 Å². The van der Waals surface area contributed by atoms with Gasteiger partial charge in [-0.3, -0.25) is 4.90 Å². The van der Waals surface area contributed by atoms with Crippen LogP contribution in [0, 0.1) is 0 Å². The van der Waals surface area contributed by atoms with Crippen molar-refractivity contribution in [2.24, 2.45) is 0 Å². The van der Waals surface area contributed by atoms with E-state index in [-0.39, 0.29) is 11.1 Å². The van der Waals surface area contributed by atoms with Gasteiger partial charge in [-0.05, 0) is 32.3 Å². The first kappa shape index (κ1) is 15.0. The third-order valence-electron chi connectivity index (χ3n) is 5.54. The number of rotatable bonds is 3. The highest BCUT2D eigenvalue weighted by atomic mass is 16.5. The van der Waals surface area contributed by atoms with Crippen molar-refractivity contribution >= 4 is 0 Å².